The Kier molecular flexibility index (Phi) is 7.00. The highest BCUT2D eigenvalue weighted by Crippen LogP contribution is 2.39. The molecule has 0 saturated heterocycles. The molecular weight excluding hydrogens is 463 g/mol. The van der Waals surface area contributed by atoms with Gasteiger partial charge in [0.25, 0.3) is 0 Å². The molecule has 0 radical (unpaired) electrons. The number of aromatic nitrogens is 3. The van der Waals surface area contributed by atoms with E-state index in [-0.39, 0.29) is 18.3 Å². The van der Waals surface area contributed by atoms with Gasteiger partial charge in [0.2, 0.25) is 0 Å². The van der Waals surface area contributed by atoms with Gasteiger partial charge in [-0.15, -0.1) is 0 Å². The number of methoxy groups -OCH3 is 1. The fourth-order valence-corrected chi connectivity index (χ4v) is 2.61. The molecule has 15 heteroatoms. The van der Waals surface area contributed by atoms with E-state index in [4.69, 9.17) is 4.74 Å². The SMILES string of the molecule is COC(c1cnc(C(F)(F)F)cn1)C(C#N)C(O)c1cc(C(F)(F)F)nc(C(F)(F)F)c1. The van der Waals surface area contributed by atoms with Crippen molar-refractivity contribution in [2.75, 3.05) is 7.11 Å². The van der Waals surface area contributed by atoms with Crippen molar-refractivity contribution in [2.24, 2.45) is 5.92 Å². The van der Waals surface area contributed by atoms with E-state index in [0.29, 0.717) is 6.20 Å². The van der Waals surface area contributed by atoms with Crippen molar-refractivity contribution in [1.29, 1.82) is 5.26 Å². The summed E-state index contributed by atoms with van der Waals surface area (Å²) in [5.74, 6) is -1.88. The molecule has 6 nitrogen and oxygen atoms in total. The van der Waals surface area contributed by atoms with Gasteiger partial charge < -0.3 is 9.84 Å². The molecule has 2 aromatic rings. The number of hydrogen-bond acceptors (Lipinski definition) is 6. The second-order valence-corrected chi connectivity index (χ2v) is 6.25. The second kappa shape index (κ2) is 8.87. The molecule has 1 N–H and O–H groups in total. The summed E-state index contributed by atoms with van der Waals surface area (Å²) in [5.41, 5.74) is -6.73. The highest BCUT2D eigenvalue weighted by atomic mass is 19.4. The van der Waals surface area contributed by atoms with Gasteiger partial charge in [0.05, 0.1) is 30.3 Å². The van der Waals surface area contributed by atoms with Gasteiger partial charge in [-0.05, 0) is 17.7 Å². The van der Waals surface area contributed by atoms with Crippen LogP contribution in [0.3, 0.4) is 0 Å². The summed E-state index contributed by atoms with van der Waals surface area (Å²) in [4.78, 5) is 9.02. The lowest BCUT2D eigenvalue weighted by atomic mass is 9.90. The zero-order valence-corrected chi connectivity index (χ0v) is 15.6. The fraction of sp³-hybridized carbons (Fsp3) is 0.412. The minimum absolute atomic E-state index is 0.120. The Balaban J connectivity index is 2.51. The van der Waals surface area contributed by atoms with Gasteiger partial charge in [0.1, 0.15) is 23.4 Å². The molecule has 2 heterocycles. The molecule has 0 aliphatic rings. The third-order valence-corrected chi connectivity index (χ3v) is 4.09. The number of hydrogen-bond donors (Lipinski definition) is 1. The first-order valence-electron chi connectivity index (χ1n) is 8.25. The van der Waals surface area contributed by atoms with Crippen LogP contribution < -0.4 is 0 Å². The second-order valence-electron chi connectivity index (χ2n) is 6.25. The molecule has 0 aliphatic heterocycles. The largest absolute Gasteiger partial charge is 0.434 e. The van der Waals surface area contributed by atoms with Gasteiger partial charge >= 0.3 is 18.5 Å². The van der Waals surface area contributed by atoms with Crippen LogP contribution in [0, 0.1) is 17.2 Å². The highest BCUT2D eigenvalue weighted by molar-refractivity contribution is 5.29. The molecule has 3 unspecified atom stereocenters. The summed E-state index contributed by atoms with van der Waals surface area (Å²) in [7, 11) is 0.940. The zero-order valence-electron chi connectivity index (χ0n) is 15.6. The molecular formula is C17H11F9N4O2. The Morgan fingerprint density at radius 3 is 1.72 bits per heavy atom. The molecule has 0 spiro atoms. The van der Waals surface area contributed by atoms with E-state index in [1.54, 1.807) is 0 Å². The van der Waals surface area contributed by atoms with Gasteiger partial charge in [0, 0.05) is 7.11 Å². The summed E-state index contributed by atoms with van der Waals surface area (Å²) in [6.07, 6.45) is -18.6. The summed E-state index contributed by atoms with van der Waals surface area (Å²) in [6, 6.07) is 1.70. The van der Waals surface area contributed by atoms with Crippen molar-refractivity contribution < 1.29 is 49.4 Å². The monoisotopic (exact) mass is 474 g/mol. The third kappa shape index (κ3) is 5.62. The fourth-order valence-electron chi connectivity index (χ4n) is 2.61. The molecule has 3 atom stereocenters. The van der Waals surface area contributed by atoms with Crippen LogP contribution in [0.15, 0.2) is 24.5 Å². The Bertz CT molecular complexity index is 950. The molecule has 2 rings (SSSR count). The first kappa shape index (κ1) is 25.3. The summed E-state index contributed by atoms with van der Waals surface area (Å²) < 4.78 is 121. The van der Waals surface area contributed by atoms with Crippen LogP contribution in [-0.2, 0) is 23.3 Å². The number of rotatable bonds is 5. The minimum Gasteiger partial charge on any atom is -0.387 e. The zero-order chi connectivity index (χ0) is 24.5. The molecule has 32 heavy (non-hydrogen) atoms. The summed E-state index contributed by atoms with van der Waals surface area (Å²) in [6.45, 7) is 0. The van der Waals surface area contributed by atoms with E-state index in [2.05, 4.69) is 15.0 Å². The van der Waals surface area contributed by atoms with Crippen LogP contribution >= 0.6 is 0 Å². The van der Waals surface area contributed by atoms with E-state index >= 15 is 0 Å². The van der Waals surface area contributed by atoms with Gasteiger partial charge in [0.15, 0.2) is 5.69 Å². The maximum Gasteiger partial charge on any atom is 0.434 e. The van der Waals surface area contributed by atoms with Gasteiger partial charge in [-0.3, -0.25) is 4.98 Å². The molecule has 0 fully saturated rings. The van der Waals surface area contributed by atoms with Crippen molar-refractivity contribution in [3.63, 3.8) is 0 Å². The third-order valence-electron chi connectivity index (χ3n) is 4.09. The van der Waals surface area contributed by atoms with E-state index in [1.165, 1.54) is 6.07 Å². The van der Waals surface area contributed by atoms with Crippen LogP contribution in [0.1, 0.15) is 40.5 Å². The van der Waals surface area contributed by atoms with Crippen molar-refractivity contribution in [2.45, 2.75) is 30.7 Å². The van der Waals surface area contributed by atoms with Crippen molar-refractivity contribution in [3.05, 3.63) is 52.9 Å². The topological polar surface area (TPSA) is 91.9 Å². The van der Waals surface area contributed by atoms with Crippen LogP contribution in [0.2, 0.25) is 0 Å². The number of ether oxygens (including phenoxy) is 1. The summed E-state index contributed by atoms with van der Waals surface area (Å²) in [5, 5.41) is 19.8. The Hall–Kier alpha value is -2.99. The van der Waals surface area contributed by atoms with Gasteiger partial charge in [-0.2, -0.15) is 44.8 Å². The Morgan fingerprint density at radius 1 is 0.875 bits per heavy atom. The molecule has 0 amide bonds. The maximum atomic E-state index is 13.0. The molecule has 0 bridgehead atoms. The number of alkyl halides is 9. The van der Waals surface area contributed by atoms with E-state index < -0.39 is 65.0 Å². The minimum atomic E-state index is -5.31. The number of nitrogens with zero attached hydrogens (tertiary/aromatic N) is 4. The molecule has 2 aromatic heterocycles. The number of aliphatic hydroxyl groups excluding tert-OH is 1. The van der Waals surface area contributed by atoms with E-state index in [9.17, 15) is 49.9 Å². The van der Waals surface area contributed by atoms with Crippen LogP contribution in [-0.4, -0.2) is 27.2 Å². The standard InChI is InChI=1S/C17H11F9N4O2/c1-32-14(9-5-29-12(6-28-9)17(24,25)26)8(4-27)13(31)7-2-10(15(18,19)20)30-11(3-7)16(21,22)23/h2-3,5-6,8,13-14,31H,1H3. The van der Waals surface area contributed by atoms with Crippen LogP contribution in [0.25, 0.3) is 0 Å². The normalized spacial score (nSPS) is 15.7. The average molecular weight is 474 g/mol. The number of nitriles is 1. The maximum absolute atomic E-state index is 13.0. The Morgan fingerprint density at radius 2 is 1.38 bits per heavy atom. The molecule has 174 valence electrons. The van der Waals surface area contributed by atoms with E-state index in [1.807, 2.05) is 0 Å². The lowest BCUT2D eigenvalue weighted by Crippen LogP contribution is -2.24. The smallest absolute Gasteiger partial charge is 0.387 e. The van der Waals surface area contributed by atoms with Crippen molar-refractivity contribution >= 4 is 0 Å². The quantitative estimate of drug-likeness (QED) is 0.643. The lowest BCUT2D eigenvalue weighted by molar-refractivity contribution is -0.150. The molecule has 0 aliphatic carbocycles. The number of aliphatic hydroxyl groups is 1. The number of pyridine rings is 1. The lowest BCUT2D eigenvalue weighted by Gasteiger charge is -2.25. The molecule has 0 aromatic carbocycles. The van der Waals surface area contributed by atoms with Gasteiger partial charge in [-0.1, -0.05) is 0 Å². The van der Waals surface area contributed by atoms with E-state index in [0.717, 1.165) is 7.11 Å². The van der Waals surface area contributed by atoms with Gasteiger partial charge in [-0.25, -0.2) is 9.97 Å². The predicted octanol–water partition coefficient (Wildman–Crippen LogP) is 4.49. The first-order chi connectivity index (χ1) is 14.6. The molecule has 0 saturated carbocycles. The average Bonchev–Trinajstić information content (AvgIpc) is 2.69. The van der Waals surface area contributed by atoms with Crippen molar-refractivity contribution in [3.8, 4) is 6.07 Å². The predicted molar refractivity (Wildman–Crippen MR) is 85.1 cm³/mol. The first-order valence-corrected chi connectivity index (χ1v) is 8.25. The number of halogens is 9. The Labute approximate surface area is 173 Å². The highest BCUT2D eigenvalue weighted by Gasteiger charge is 2.41. The summed E-state index contributed by atoms with van der Waals surface area (Å²) >= 11 is 0. The van der Waals surface area contributed by atoms with Crippen LogP contribution in [0.5, 0.6) is 0 Å². The van der Waals surface area contributed by atoms with Crippen LogP contribution in [0.4, 0.5) is 39.5 Å². The van der Waals surface area contributed by atoms with Crippen molar-refractivity contribution in [1.82, 2.24) is 15.0 Å².